The Morgan fingerprint density at radius 3 is 2.45 bits per heavy atom. The Morgan fingerprint density at radius 1 is 1.10 bits per heavy atom. The largest absolute Gasteiger partial charge is 0.508 e. The van der Waals surface area contributed by atoms with Gasteiger partial charge in [0.15, 0.2) is 0 Å². The predicted octanol–water partition coefficient (Wildman–Crippen LogP) is 3.98. The van der Waals surface area contributed by atoms with Crippen molar-refractivity contribution < 1.29 is 14.7 Å². The molecule has 1 amide bonds. The van der Waals surface area contributed by atoms with Crippen LogP contribution in [-0.4, -0.2) is 41.3 Å². The first-order chi connectivity index (χ1) is 14.9. The first kappa shape index (κ1) is 23.0. The van der Waals surface area contributed by atoms with Crippen molar-refractivity contribution in [2.75, 3.05) is 19.6 Å². The van der Waals surface area contributed by atoms with Crippen LogP contribution < -0.4 is 5.73 Å². The summed E-state index contributed by atoms with van der Waals surface area (Å²) in [5, 5.41) is 10.3. The van der Waals surface area contributed by atoms with Gasteiger partial charge >= 0.3 is 0 Å². The second-order valence-corrected chi connectivity index (χ2v) is 8.53. The van der Waals surface area contributed by atoms with E-state index >= 15 is 0 Å². The topological polar surface area (TPSA) is 83.6 Å². The molecule has 1 heterocycles. The Balaban J connectivity index is 2.23. The van der Waals surface area contributed by atoms with Gasteiger partial charge in [-0.1, -0.05) is 39.0 Å². The molecule has 3 N–H and O–H groups in total. The van der Waals surface area contributed by atoms with Crippen LogP contribution in [0.2, 0.25) is 0 Å². The van der Waals surface area contributed by atoms with E-state index in [4.69, 9.17) is 5.73 Å². The van der Waals surface area contributed by atoms with Crippen molar-refractivity contribution in [2.45, 2.75) is 58.3 Å². The number of aromatic hydroxyl groups is 1. The number of ketones is 1. The minimum Gasteiger partial charge on any atom is -0.508 e. The number of hydrogen-bond acceptors (Lipinski definition) is 4. The summed E-state index contributed by atoms with van der Waals surface area (Å²) in [7, 11) is 0. The van der Waals surface area contributed by atoms with Gasteiger partial charge in [0.1, 0.15) is 11.5 Å². The number of benzene rings is 2. The Morgan fingerprint density at radius 2 is 1.84 bits per heavy atom. The predicted molar refractivity (Wildman–Crippen MR) is 124 cm³/mol. The first-order valence-corrected chi connectivity index (χ1v) is 11.3. The zero-order valence-electron chi connectivity index (χ0n) is 18.9. The number of phenols is 1. The molecule has 1 aliphatic rings. The SMILES string of the molecule is CCC(=O)CN1CCCC(c2cccc(O)c2)(c2ccc(C(N)=O)c(CC)c2CC)C1. The van der Waals surface area contributed by atoms with E-state index in [9.17, 15) is 14.7 Å². The third kappa shape index (κ3) is 4.52. The lowest BCUT2D eigenvalue weighted by molar-refractivity contribution is -0.120. The minimum atomic E-state index is -0.400. The fraction of sp³-hybridized carbons (Fsp3) is 0.462. The van der Waals surface area contributed by atoms with E-state index in [2.05, 4.69) is 24.8 Å². The standard InChI is InChI=1S/C26H34N2O3/c1-4-19(29)16-28-14-8-13-26(17-28,18-9-7-10-20(30)15-18)24-12-11-23(25(27)31)21(5-2)22(24)6-3/h7,9-12,15,30H,4-6,8,13-14,16-17H2,1-3H3,(H2,27,31). The van der Waals surface area contributed by atoms with Crippen LogP contribution in [-0.2, 0) is 23.1 Å². The van der Waals surface area contributed by atoms with Crippen LogP contribution in [0.3, 0.4) is 0 Å². The molecular weight excluding hydrogens is 388 g/mol. The highest BCUT2D eigenvalue weighted by atomic mass is 16.3. The van der Waals surface area contributed by atoms with Crippen LogP contribution >= 0.6 is 0 Å². The molecular formula is C26H34N2O3. The number of carbonyl (C=O) groups excluding carboxylic acids is 2. The lowest BCUT2D eigenvalue weighted by Gasteiger charge is -2.45. The maximum Gasteiger partial charge on any atom is 0.248 e. The van der Waals surface area contributed by atoms with Crippen molar-refractivity contribution in [2.24, 2.45) is 5.73 Å². The Kier molecular flexibility index (Phi) is 7.16. The number of amides is 1. The lowest BCUT2D eigenvalue weighted by atomic mass is 9.66. The molecule has 1 aliphatic heterocycles. The zero-order valence-corrected chi connectivity index (χ0v) is 18.9. The lowest BCUT2D eigenvalue weighted by Crippen LogP contribution is -2.49. The molecule has 0 aromatic heterocycles. The van der Waals surface area contributed by atoms with Crippen LogP contribution in [0.5, 0.6) is 5.75 Å². The average Bonchev–Trinajstić information content (AvgIpc) is 2.77. The smallest absolute Gasteiger partial charge is 0.248 e. The average molecular weight is 423 g/mol. The molecule has 3 rings (SSSR count). The molecule has 2 aromatic rings. The van der Waals surface area contributed by atoms with Crippen molar-refractivity contribution >= 4 is 11.7 Å². The van der Waals surface area contributed by atoms with Gasteiger partial charge in [-0.25, -0.2) is 0 Å². The fourth-order valence-electron chi connectivity index (χ4n) is 5.23. The van der Waals surface area contributed by atoms with Gasteiger partial charge in [-0.2, -0.15) is 0 Å². The van der Waals surface area contributed by atoms with E-state index in [1.54, 1.807) is 6.07 Å². The quantitative estimate of drug-likeness (QED) is 0.674. The van der Waals surface area contributed by atoms with Crippen molar-refractivity contribution in [3.05, 3.63) is 64.2 Å². The second-order valence-electron chi connectivity index (χ2n) is 8.53. The highest BCUT2D eigenvalue weighted by molar-refractivity contribution is 5.95. The normalized spacial score (nSPS) is 19.3. The van der Waals surface area contributed by atoms with Crippen LogP contribution in [0, 0.1) is 0 Å². The highest BCUT2D eigenvalue weighted by Gasteiger charge is 2.41. The number of primary amides is 1. The van der Waals surface area contributed by atoms with Gasteiger partial charge in [-0.05, 0) is 72.7 Å². The summed E-state index contributed by atoms with van der Waals surface area (Å²) in [5.41, 5.74) is 10.3. The van der Waals surface area contributed by atoms with E-state index < -0.39 is 5.91 Å². The van der Waals surface area contributed by atoms with E-state index in [1.807, 2.05) is 31.2 Å². The molecule has 166 valence electrons. The first-order valence-electron chi connectivity index (χ1n) is 11.3. The fourth-order valence-corrected chi connectivity index (χ4v) is 5.23. The van der Waals surface area contributed by atoms with Crippen molar-refractivity contribution in [3.8, 4) is 5.75 Å². The molecule has 1 atom stereocenters. The number of piperidine rings is 1. The molecule has 5 nitrogen and oxygen atoms in total. The zero-order chi connectivity index (χ0) is 22.6. The summed E-state index contributed by atoms with van der Waals surface area (Å²) in [4.78, 5) is 26.6. The number of nitrogens with two attached hydrogens (primary N) is 1. The van der Waals surface area contributed by atoms with Gasteiger partial charge in [-0.15, -0.1) is 0 Å². The van der Waals surface area contributed by atoms with Gasteiger partial charge in [0.2, 0.25) is 5.91 Å². The van der Waals surface area contributed by atoms with Crippen molar-refractivity contribution in [1.82, 2.24) is 4.90 Å². The molecule has 0 bridgehead atoms. The third-order valence-corrected chi connectivity index (χ3v) is 6.68. The Labute approximate surface area is 185 Å². The van der Waals surface area contributed by atoms with Crippen LogP contribution in [0.25, 0.3) is 0 Å². The molecule has 0 radical (unpaired) electrons. The van der Waals surface area contributed by atoms with Crippen LogP contribution in [0.15, 0.2) is 36.4 Å². The number of phenolic OH excluding ortho intramolecular Hbond substituents is 1. The molecule has 0 aliphatic carbocycles. The van der Waals surface area contributed by atoms with E-state index in [-0.39, 0.29) is 16.9 Å². The summed E-state index contributed by atoms with van der Waals surface area (Å²) in [6, 6.07) is 11.4. The summed E-state index contributed by atoms with van der Waals surface area (Å²) >= 11 is 0. The maximum atomic E-state index is 12.2. The monoisotopic (exact) mass is 422 g/mol. The molecule has 0 spiro atoms. The molecule has 1 unspecified atom stereocenters. The number of carbonyl (C=O) groups is 2. The van der Waals surface area contributed by atoms with E-state index in [1.165, 1.54) is 5.56 Å². The number of hydrogen-bond donors (Lipinski definition) is 2. The van der Waals surface area contributed by atoms with Gasteiger partial charge in [0, 0.05) is 23.9 Å². The van der Waals surface area contributed by atoms with Gasteiger partial charge in [0.25, 0.3) is 0 Å². The van der Waals surface area contributed by atoms with Crippen molar-refractivity contribution in [3.63, 3.8) is 0 Å². The summed E-state index contributed by atoms with van der Waals surface area (Å²) in [6.45, 7) is 8.10. The molecule has 0 saturated carbocycles. The molecule has 1 fully saturated rings. The number of likely N-dealkylation sites (tertiary alicyclic amines) is 1. The number of Topliss-reactive ketones (excluding diaryl/α,β-unsaturated/α-hetero) is 1. The van der Waals surface area contributed by atoms with E-state index in [0.717, 1.165) is 48.9 Å². The van der Waals surface area contributed by atoms with E-state index in [0.29, 0.717) is 25.1 Å². The third-order valence-electron chi connectivity index (χ3n) is 6.68. The molecule has 2 aromatic carbocycles. The summed E-state index contributed by atoms with van der Waals surface area (Å²) in [6.07, 6.45) is 3.91. The summed E-state index contributed by atoms with van der Waals surface area (Å²) < 4.78 is 0. The number of rotatable bonds is 8. The highest BCUT2D eigenvalue weighted by Crippen LogP contribution is 2.44. The number of nitrogens with zero attached hydrogens (tertiary/aromatic N) is 1. The van der Waals surface area contributed by atoms with Gasteiger partial charge < -0.3 is 10.8 Å². The van der Waals surface area contributed by atoms with Crippen LogP contribution in [0.1, 0.15) is 72.6 Å². The Bertz CT molecular complexity index is 969. The second kappa shape index (κ2) is 9.65. The molecule has 31 heavy (non-hydrogen) atoms. The molecule has 1 saturated heterocycles. The van der Waals surface area contributed by atoms with Crippen molar-refractivity contribution in [1.29, 1.82) is 0 Å². The molecule has 5 heteroatoms. The summed E-state index contributed by atoms with van der Waals surface area (Å²) in [5.74, 6) is 0.0743. The van der Waals surface area contributed by atoms with Gasteiger partial charge in [0.05, 0.1) is 6.54 Å². The van der Waals surface area contributed by atoms with Crippen LogP contribution in [0.4, 0.5) is 0 Å². The maximum absolute atomic E-state index is 12.2. The minimum absolute atomic E-state index is 0.237. The Hall–Kier alpha value is -2.66. The van der Waals surface area contributed by atoms with Gasteiger partial charge in [-0.3, -0.25) is 14.5 Å².